The van der Waals surface area contributed by atoms with Crippen LogP contribution in [0.15, 0.2) is 81.6 Å². The Balaban J connectivity index is 1.48. The van der Waals surface area contributed by atoms with E-state index in [0.717, 1.165) is 10.1 Å². The molecule has 1 amide bonds. The Bertz CT molecular complexity index is 1520. The molecule has 8 nitrogen and oxygen atoms in total. The molecule has 0 saturated carbocycles. The molecular formula is C26H20N6O2S2. The maximum atomic E-state index is 13.6. The summed E-state index contributed by atoms with van der Waals surface area (Å²) in [6.45, 7) is 0. The van der Waals surface area contributed by atoms with E-state index in [0.29, 0.717) is 46.9 Å². The van der Waals surface area contributed by atoms with Gasteiger partial charge < -0.3 is 11.1 Å². The van der Waals surface area contributed by atoms with E-state index in [1.54, 1.807) is 40.9 Å². The zero-order valence-electron chi connectivity index (χ0n) is 19.0. The van der Waals surface area contributed by atoms with Crippen molar-refractivity contribution < 1.29 is 9.59 Å². The molecule has 3 heterocycles. The van der Waals surface area contributed by atoms with Crippen molar-refractivity contribution in [1.82, 2.24) is 10.2 Å². The van der Waals surface area contributed by atoms with E-state index in [1.165, 1.54) is 16.9 Å². The molecule has 6 rings (SSSR count). The molecule has 1 aliphatic carbocycles. The summed E-state index contributed by atoms with van der Waals surface area (Å²) in [7, 11) is 0. The third-order valence-electron chi connectivity index (χ3n) is 6.73. The Labute approximate surface area is 215 Å². The highest BCUT2D eigenvalue weighted by molar-refractivity contribution is 8.00. The lowest BCUT2D eigenvalue weighted by Gasteiger charge is -2.42. The second-order valence-corrected chi connectivity index (χ2v) is 10.9. The van der Waals surface area contributed by atoms with Gasteiger partial charge in [0, 0.05) is 34.7 Å². The van der Waals surface area contributed by atoms with Gasteiger partial charge in [-0.3, -0.25) is 14.5 Å². The summed E-state index contributed by atoms with van der Waals surface area (Å²) in [4.78, 5) is 28.7. The Kier molecular flexibility index (Phi) is 5.39. The predicted octanol–water partition coefficient (Wildman–Crippen LogP) is 4.24. The van der Waals surface area contributed by atoms with E-state index in [9.17, 15) is 14.9 Å². The first kappa shape index (κ1) is 22.5. The fourth-order valence-corrected chi connectivity index (χ4v) is 7.07. The van der Waals surface area contributed by atoms with Gasteiger partial charge in [-0.05, 0) is 24.5 Å². The number of fused-ring (bicyclic) bond motifs is 3. The molecular weight excluding hydrogens is 492 g/mol. The van der Waals surface area contributed by atoms with Crippen molar-refractivity contribution in [2.24, 2.45) is 5.73 Å². The van der Waals surface area contributed by atoms with E-state index >= 15 is 0 Å². The molecule has 2 aromatic carbocycles. The van der Waals surface area contributed by atoms with Gasteiger partial charge in [0.15, 0.2) is 10.1 Å². The molecule has 0 radical (unpaired) electrons. The molecule has 3 N–H and O–H groups in total. The Morgan fingerprint density at radius 2 is 1.89 bits per heavy atom. The largest absolute Gasteiger partial charge is 0.384 e. The van der Waals surface area contributed by atoms with Crippen LogP contribution >= 0.6 is 23.1 Å². The molecule has 0 bridgehead atoms. The van der Waals surface area contributed by atoms with Crippen LogP contribution in [-0.2, 0) is 20.8 Å². The summed E-state index contributed by atoms with van der Waals surface area (Å²) in [5, 5.41) is 22.4. The van der Waals surface area contributed by atoms with Crippen LogP contribution in [0.3, 0.4) is 0 Å². The van der Waals surface area contributed by atoms with Crippen LogP contribution in [0.1, 0.15) is 30.4 Å². The van der Waals surface area contributed by atoms with Crippen LogP contribution in [0.4, 0.5) is 10.8 Å². The first-order valence-corrected chi connectivity index (χ1v) is 13.2. The lowest BCUT2D eigenvalue weighted by atomic mass is 9.64. The number of nitrogens with two attached hydrogens (primary N) is 1. The maximum absolute atomic E-state index is 13.6. The highest BCUT2D eigenvalue weighted by atomic mass is 32.2. The minimum Gasteiger partial charge on any atom is -0.384 e. The SMILES string of the molecule is N#CC1=C(N)N(c2nnc(SCc3ccccc3)s2)C2=C(C(=O)CCC2)C12C(=O)Nc1ccccc12. The number of ketones is 1. The highest BCUT2D eigenvalue weighted by Gasteiger charge is 2.60. The van der Waals surface area contributed by atoms with Gasteiger partial charge in [-0.2, -0.15) is 5.26 Å². The predicted molar refractivity (Wildman–Crippen MR) is 138 cm³/mol. The van der Waals surface area contributed by atoms with Gasteiger partial charge in [0.1, 0.15) is 17.3 Å². The van der Waals surface area contributed by atoms with Gasteiger partial charge in [-0.15, -0.1) is 10.2 Å². The monoisotopic (exact) mass is 512 g/mol. The zero-order valence-corrected chi connectivity index (χ0v) is 20.7. The number of nitriles is 1. The average molecular weight is 513 g/mol. The van der Waals surface area contributed by atoms with E-state index in [4.69, 9.17) is 5.73 Å². The van der Waals surface area contributed by atoms with Gasteiger partial charge >= 0.3 is 0 Å². The van der Waals surface area contributed by atoms with Crippen LogP contribution in [-0.4, -0.2) is 21.9 Å². The van der Waals surface area contributed by atoms with Crippen molar-refractivity contribution in [2.75, 3.05) is 10.2 Å². The molecule has 1 atom stereocenters. The lowest BCUT2D eigenvalue weighted by Crippen LogP contribution is -2.50. The number of Topliss-reactive ketones (excluding diaryl/α,β-unsaturated/α-hetero) is 1. The smallest absolute Gasteiger partial charge is 0.245 e. The quantitative estimate of drug-likeness (QED) is 0.497. The molecule has 3 aromatic rings. The molecule has 0 saturated heterocycles. The molecule has 1 spiro atoms. The van der Waals surface area contributed by atoms with E-state index < -0.39 is 11.3 Å². The van der Waals surface area contributed by atoms with Crippen molar-refractivity contribution >= 4 is 45.6 Å². The number of amides is 1. The van der Waals surface area contributed by atoms with Crippen molar-refractivity contribution in [3.63, 3.8) is 0 Å². The first-order valence-electron chi connectivity index (χ1n) is 11.4. The van der Waals surface area contributed by atoms with Crippen LogP contribution in [0.5, 0.6) is 0 Å². The number of para-hydroxylation sites is 1. The summed E-state index contributed by atoms with van der Waals surface area (Å²) >= 11 is 2.90. The highest BCUT2D eigenvalue weighted by Crippen LogP contribution is 2.55. The summed E-state index contributed by atoms with van der Waals surface area (Å²) in [5.74, 6) is 0.253. The number of aromatic nitrogens is 2. The number of anilines is 2. The van der Waals surface area contributed by atoms with Gasteiger partial charge in [0.25, 0.3) is 0 Å². The van der Waals surface area contributed by atoms with E-state index in [2.05, 4.69) is 21.6 Å². The summed E-state index contributed by atoms with van der Waals surface area (Å²) < 4.78 is 0.744. The molecule has 36 heavy (non-hydrogen) atoms. The molecule has 178 valence electrons. The summed E-state index contributed by atoms with van der Waals surface area (Å²) in [6.07, 6.45) is 1.46. The number of nitrogens with zero attached hydrogens (tertiary/aromatic N) is 4. The zero-order chi connectivity index (χ0) is 24.9. The van der Waals surface area contributed by atoms with Gasteiger partial charge in [0.05, 0.1) is 5.57 Å². The van der Waals surface area contributed by atoms with Crippen molar-refractivity contribution in [1.29, 1.82) is 5.26 Å². The van der Waals surface area contributed by atoms with E-state index in [1.807, 2.05) is 30.3 Å². The minimum absolute atomic E-state index is 0.0349. The van der Waals surface area contributed by atoms with Crippen LogP contribution in [0, 0.1) is 11.3 Å². The first-order chi connectivity index (χ1) is 17.6. The van der Waals surface area contributed by atoms with Crippen LogP contribution in [0.25, 0.3) is 0 Å². The van der Waals surface area contributed by atoms with Gasteiger partial charge in [-0.25, -0.2) is 0 Å². The second-order valence-electron chi connectivity index (χ2n) is 8.68. The average Bonchev–Trinajstić information content (AvgIpc) is 3.47. The van der Waals surface area contributed by atoms with Crippen LogP contribution in [0.2, 0.25) is 0 Å². The molecule has 10 heteroatoms. The van der Waals surface area contributed by atoms with Crippen molar-refractivity contribution in [2.45, 2.75) is 34.8 Å². The third-order valence-corrected chi connectivity index (χ3v) is 8.84. The fourth-order valence-electron chi connectivity index (χ4n) is 5.23. The lowest BCUT2D eigenvalue weighted by molar-refractivity contribution is -0.122. The molecule has 3 aliphatic rings. The number of carbonyl (C=O) groups is 2. The number of benzene rings is 2. The molecule has 1 aromatic heterocycles. The van der Waals surface area contributed by atoms with Gasteiger partial charge in [0.2, 0.25) is 11.0 Å². The Morgan fingerprint density at radius 1 is 1.11 bits per heavy atom. The number of allylic oxidation sites excluding steroid dienone is 1. The number of thioether (sulfide) groups is 1. The second kappa shape index (κ2) is 8.62. The number of hydrogen-bond donors (Lipinski definition) is 2. The summed E-state index contributed by atoms with van der Waals surface area (Å²) in [6, 6.07) is 19.4. The van der Waals surface area contributed by atoms with Gasteiger partial charge in [-0.1, -0.05) is 71.6 Å². The van der Waals surface area contributed by atoms with Crippen molar-refractivity contribution in [3.05, 3.63) is 88.4 Å². The Morgan fingerprint density at radius 3 is 2.69 bits per heavy atom. The maximum Gasteiger partial charge on any atom is 0.245 e. The molecule has 0 fully saturated rings. The third kappa shape index (κ3) is 3.20. The number of hydrogen-bond acceptors (Lipinski definition) is 9. The Hall–Kier alpha value is -3.94. The normalized spacial score (nSPS) is 20.9. The van der Waals surface area contributed by atoms with Crippen LogP contribution < -0.4 is 16.0 Å². The summed E-state index contributed by atoms with van der Waals surface area (Å²) in [5.41, 5.74) is 8.38. The fraction of sp³-hybridized carbons (Fsp3) is 0.192. The topological polar surface area (TPSA) is 125 Å². The standard InChI is InChI=1S/C26H20N6O2S2/c27-13-17-22(28)32(24-30-31-25(36-24)35-14-15-7-2-1-3-8-15)19-11-6-12-20(33)21(19)26(17)16-9-4-5-10-18(16)29-23(26)34/h1-5,7-10H,6,11-12,14,28H2,(H,29,34). The van der Waals surface area contributed by atoms with Crippen molar-refractivity contribution in [3.8, 4) is 6.07 Å². The number of nitrogens with one attached hydrogen (secondary N) is 1. The number of carbonyl (C=O) groups excluding carboxylic acids is 2. The molecule has 2 aliphatic heterocycles. The number of rotatable bonds is 4. The van der Waals surface area contributed by atoms with E-state index in [-0.39, 0.29) is 17.2 Å². The molecule has 1 unspecified atom stereocenters. The minimum atomic E-state index is -1.56.